The molecule has 0 spiro atoms. The average Bonchev–Trinajstić information content (AvgIpc) is 1.95. The van der Waals surface area contributed by atoms with Crippen molar-refractivity contribution in [1.82, 2.24) is 4.90 Å². The third-order valence-corrected chi connectivity index (χ3v) is 2.15. The normalized spacial score (nSPS) is 19.3. The number of rotatable bonds is 2. The highest BCUT2D eigenvalue weighted by molar-refractivity contribution is 5.85. The Morgan fingerprint density at radius 1 is 1.54 bits per heavy atom. The third kappa shape index (κ3) is 2.81. The van der Waals surface area contributed by atoms with Crippen LogP contribution in [0.4, 0.5) is 4.39 Å². The second-order valence-electron chi connectivity index (χ2n) is 3.61. The summed E-state index contributed by atoms with van der Waals surface area (Å²) in [6.45, 7) is 4.21. The van der Waals surface area contributed by atoms with E-state index < -0.39 is 12.2 Å². The first kappa shape index (κ1) is 12.7. The second-order valence-corrected chi connectivity index (χ2v) is 3.61. The summed E-state index contributed by atoms with van der Waals surface area (Å²) in [6, 6.07) is -0.475. The number of halogens is 2. The van der Waals surface area contributed by atoms with Crippen molar-refractivity contribution in [3.63, 3.8) is 0 Å². The molecule has 1 rings (SSSR count). The molecule has 1 amide bonds. The smallest absolute Gasteiger partial charge is 0.239 e. The van der Waals surface area contributed by atoms with Crippen LogP contribution in [0.15, 0.2) is 0 Å². The Balaban J connectivity index is 0.00000144. The van der Waals surface area contributed by atoms with Crippen LogP contribution in [0.1, 0.15) is 13.8 Å². The third-order valence-electron chi connectivity index (χ3n) is 2.15. The lowest BCUT2D eigenvalue weighted by Gasteiger charge is -2.36. The van der Waals surface area contributed by atoms with Crippen molar-refractivity contribution < 1.29 is 9.18 Å². The largest absolute Gasteiger partial charge is 0.335 e. The van der Waals surface area contributed by atoms with Gasteiger partial charge in [-0.3, -0.25) is 4.79 Å². The molecule has 13 heavy (non-hydrogen) atoms. The molecule has 78 valence electrons. The van der Waals surface area contributed by atoms with Crippen molar-refractivity contribution in [2.24, 2.45) is 11.7 Å². The fraction of sp³-hybridized carbons (Fsp3) is 0.875. The topological polar surface area (TPSA) is 46.3 Å². The number of hydrogen-bond donors (Lipinski definition) is 1. The Morgan fingerprint density at radius 2 is 2.00 bits per heavy atom. The van der Waals surface area contributed by atoms with Crippen molar-refractivity contribution in [2.75, 3.05) is 13.1 Å². The molecule has 5 heteroatoms. The quantitative estimate of drug-likeness (QED) is 0.725. The average molecular weight is 211 g/mol. The van der Waals surface area contributed by atoms with Gasteiger partial charge in [0.2, 0.25) is 5.91 Å². The Bertz CT molecular complexity index is 183. The first-order valence-corrected chi connectivity index (χ1v) is 4.20. The summed E-state index contributed by atoms with van der Waals surface area (Å²) in [5, 5.41) is 0. The SMILES string of the molecule is CC(C)[C@H](N)C(=O)N1CC(F)C1.Cl. The molecule has 0 aromatic rings. The maximum atomic E-state index is 12.4. The van der Waals surface area contributed by atoms with Gasteiger partial charge in [-0.1, -0.05) is 13.8 Å². The maximum absolute atomic E-state index is 12.4. The van der Waals surface area contributed by atoms with E-state index in [-0.39, 0.29) is 37.3 Å². The van der Waals surface area contributed by atoms with Crippen LogP contribution >= 0.6 is 12.4 Å². The van der Waals surface area contributed by atoms with Crippen LogP contribution in [-0.4, -0.2) is 36.1 Å². The minimum Gasteiger partial charge on any atom is -0.335 e. The van der Waals surface area contributed by atoms with Crippen LogP contribution in [0.25, 0.3) is 0 Å². The zero-order valence-corrected chi connectivity index (χ0v) is 8.68. The fourth-order valence-corrected chi connectivity index (χ4v) is 1.10. The number of carbonyl (C=O) groups is 1. The second kappa shape index (κ2) is 4.77. The van der Waals surface area contributed by atoms with E-state index in [1.807, 2.05) is 13.8 Å². The van der Waals surface area contributed by atoms with Gasteiger partial charge in [0, 0.05) is 0 Å². The van der Waals surface area contributed by atoms with Crippen LogP contribution < -0.4 is 5.73 Å². The molecule has 1 aliphatic rings. The fourth-order valence-electron chi connectivity index (χ4n) is 1.10. The minimum absolute atomic E-state index is 0. The number of nitrogens with zero attached hydrogens (tertiary/aromatic N) is 1. The molecule has 0 aromatic carbocycles. The van der Waals surface area contributed by atoms with Gasteiger partial charge in [-0.2, -0.15) is 0 Å². The molecule has 0 aliphatic carbocycles. The molecule has 3 nitrogen and oxygen atoms in total. The summed E-state index contributed by atoms with van der Waals surface area (Å²) in [6.07, 6.45) is -0.840. The molecule has 1 saturated heterocycles. The van der Waals surface area contributed by atoms with Gasteiger partial charge >= 0.3 is 0 Å². The number of alkyl halides is 1. The molecular weight excluding hydrogens is 195 g/mol. The highest BCUT2D eigenvalue weighted by atomic mass is 35.5. The van der Waals surface area contributed by atoms with Gasteiger partial charge in [0.25, 0.3) is 0 Å². The summed E-state index contributed by atoms with van der Waals surface area (Å²) >= 11 is 0. The van der Waals surface area contributed by atoms with Gasteiger partial charge in [-0.25, -0.2) is 4.39 Å². The molecule has 0 unspecified atom stereocenters. The monoisotopic (exact) mass is 210 g/mol. The van der Waals surface area contributed by atoms with E-state index in [1.54, 1.807) is 0 Å². The van der Waals surface area contributed by atoms with Gasteiger partial charge in [0.05, 0.1) is 19.1 Å². The summed E-state index contributed by atoms with van der Waals surface area (Å²) in [4.78, 5) is 12.8. The number of hydrogen-bond acceptors (Lipinski definition) is 2. The van der Waals surface area contributed by atoms with E-state index >= 15 is 0 Å². The molecule has 0 bridgehead atoms. The predicted octanol–water partition coefficient (Wildman–Crippen LogP) is 0.572. The zero-order valence-electron chi connectivity index (χ0n) is 7.87. The summed E-state index contributed by atoms with van der Waals surface area (Å²) in [5.74, 6) is -0.00457. The summed E-state index contributed by atoms with van der Waals surface area (Å²) < 4.78 is 12.4. The van der Waals surface area contributed by atoms with Crippen molar-refractivity contribution in [3.8, 4) is 0 Å². The lowest BCUT2D eigenvalue weighted by molar-refractivity contribution is -0.140. The highest BCUT2D eigenvalue weighted by Gasteiger charge is 2.33. The molecule has 0 aromatic heterocycles. The molecule has 1 aliphatic heterocycles. The van der Waals surface area contributed by atoms with Crippen molar-refractivity contribution in [1.29, 1.82) is 0 Å². The van der Waals surface area contributed by atoms with Crippen molar-refractivity contribution in [2.45, 2.75) is 26.1 Å². The Kier molecular flexibility index (Phi) is 4.64. The first-order chi connectivity index (χ1) is 5.52. The molecule has 0 radical (unpaired) electrons. The van der Waals surface area contributed by atoms with Crippen LogP contribution in [0.2, 0.25) is 0 Å². The lowest BCUT2D eigenvalue weighted by atomic mass is 10.0. The molecule has 1 heterocycles. The summed E-state index contributed by atoms with van der Waals surface area (Å²) in [7, 11) is 0. The number of nitrogens with two attached hydrogens (primary N) is 1. The van der Waals surface area contributed by atoms with E-state index in [9.17, 15) is 9.18 Å². The molecule has 2 N–H and O–H groups in total. The van der Waals surface area contributed by atoms with Crippen LogP contribution in [0.5, 0.6) is 0 Å². The predicted molar refractivity (Wildman–Crippen MR) is 51.5 cm³/mol. The molecule has 1 fully saturated rings. The van der Waals surface area contributed by atoms with Gasteiger partial charge in [-0.05, 0) is 5.92 Å². The van der Waals surface area contributed by atoms with Crippen LogP contribution in [0.3, 0.4) is 0 Å². The Labute approximate surface area is 83.9 Å². The highest BCUT2D eigenvalue weighted by Crippen LogP contribution is 2.14. The number of likely N-dealkylation sites (tertiary alicyclic amines) is 1. The van der Waals surface area contributed by atoms with Gasteiger partial charge in [0.15, 0.2) is 0 Å². The molecule has 1 atom stereocenters. The summed E-state index contributed by atoms with van der Waals surface area (Å²) in [5.41, 5.74) is 5.60. The van der Waals surface area contributed by atoms with Gasteiger partial charge in [0.1, 0.15) is 6.17 Å². The maximum Gasteiger partial charge on any atom is 0.239 e. The lowest BCUT2D eigenvalue weighted by Crippen LogP contribution is -2.57. The standard InChI is InChI=1S/C8H15FN2O.ClH/c1-5(2)7(10)8(12)11-3-6(9)4-11;/h5-7H,3-4,10H2,1-2H3;1H/t7-;/m0./s1. The van der Waals surface area contributed by atoms with E-state index in [0.717, 1.165) is 0 Å². The minimum atomic E-state index is -0.840. The van der Waals surface area contributed by atoms with E-state index in [4.69, 9.17) is 5.73 Å². The number of amides is 1. The van der Waals surface area contributed by atoms with E-state index in [2.05, 4.69) is 0 Å². The Morgan fingerprint density at radius 3 is 2.31 bits per heavy atom. The Hall–Kier alpha value is -0.350. The van der Waals surface area contributed by atoms with Crippen molar-refractivity contribution in [3.05, 3.63) is 0 Å². The van der Waals surface area contributed by atoms with E-state index in [0.29, 0.717) is 0 Å². The zero-order chi connectivity index (χ0) is 9.30. The van der Waals surface area contributed by atoms with Gasteiger partial charge < -0.3 is 10.6 Å². The van der Waals surface area contributed by atoms with Crippen LogP contribution in [0, 0.1) is 5.92 Å². The van der Waals surface area contributed by atoms with Crippen LogP contribution in [-0.2, 0) is 4.79 Å². The van der Waals surface area contributed by atoms with Crippen molar-refractivity contribution >= 4 is 18.3 Å². The van der Waals surface area contributed by atoms with Gasteiger partial charge in [-0.15, -0.1) is 12.4 Å². The molecular formula is C8H16ClFN2O. The number of carbonyl (C=O) groups excluding carboxylic acids is 1. The molecule has 0 saturated carbocycles. The van der Waals surface area contributed by atoms with E-state index in [1.165, 1.54) is 4.90 Å². The first-order valence-electron chi connectivity index (χ1n) is 4.20.